The van der Waals surface area contributed by atoms with Crippen LogP contribution in [0.25, 0.3) is 22.3 Å². The molecule has 1 aliphatic heterocycles. The Hall–Kier alpha value is -3.48. The summed E-state index contributed by atoms with van der Waals surface area (Å²) < 4.78 is 15.3. The molecule has 0 unspecified atom stereocenters. The van der Waals surface area contributed by atoms with Gasteiger partial charge in [0, 0.05) is 18.7 Å². The zero-order valence-corrected chi connectivity index (χ0v) is 17.5. The van der Waals surface area contributed by atoms with Crippen molar-refractivity contribution < 1.29 is 4.39 Å². The second kappa shape index (κ2) is 7.98. The van der Waals surface area contributed by atoms with Crippen molar-refractivity contribution >= 4 is 22.8 Å². The van der Waals surface area contributed by atoms with Gasteiger partial charge in [-0.15, -0.1) is 5.10 Å². The minimum atomic E-state index is -0.285. The zero-order valence-electron chi connectivity index (χ0n) is 17.5. The van der Waals surface area contributed by atoms with Gasteiger partial charge in [-0.2, -0.15) is 4.98 Å². The molecule has 7 heteroatoms. The van der Waals surface area contributed by atoms with E-state index in [2.05, 4.69) is 11.8 Å². The number of rotatable bonds is 4. The molecule has 0 atom stereocenters. The summed E-state index contributed by atoms with van der Waals surface area (Å²) in [5.74, 6) is 1.59. The first kappa shape index (κ1) is 19.5. The molecule has 2 aromatic carbocycles. The summed E-state index contributed by atoms with van der Waals surface area (Å²) in [6.07, 6.45) is 2.22. The number of nitrogen functional groups attached to an aromatic ring is 1. The average Bonchev–Trinajstić information content (AvgIpc) is 3.10. The second-order valence-electron chi connectivity index (χ2n) is 8.28. The summed E-state index contributed by atoms with van der Waals surface area (Å²) in [5, 5.41) is 5.43. The van der Waals surface area contributed by atoms with Gasteiger partial charge >= 0.3 is 0 Å². The topological polar surface area (TPSA) is 72.9 Å². The van der Waals surface area contributed by atoms with E-state index in [4.69, 9.17) is 20.8 Å². The molecule has 3 heterocycles. The maximum atomic E-state index is 13.6. The third-order valence-corrected chi connectivity index (χ3v) is 5.99. The van der Waals surface area contributed by atoms with Crippen LogP contribution in [0.1, 0.15) is 25.3 Å². The molecule has 158 valence electrons. The lowest BCUT2D eigenvalue weighted by atomic mass is 9.99. The number of halogens is 1. The van der Waals surface area contributed by atoms with Crippen molar-refractivity contribution in [3.63, 3.8) is 0 Å². The van der Waals surface area contributed by atoms with Crippen molar-refractivity contribution in [1.29, 1.82) is 0 Å². The largest absolute Gasteiger partial charge is 0.383 e. The van der Waals surface area contributed by atoms with Crippen LogP contribution in [0.4, 0.5) is 16.2 Å². The van der Waals surface area contributed by atoms with Gasteiger partial charge in [-0.1, -0.05) is 37.3 Å². The number of hydrogen-bond acceptors (Lipinski definition) is 5. The maximum absolute atomic E-state index is 13.6. The normalized spacial score (nSPS) is 15.0. The van der Waals surface area contributed by atoms with E-state index < -0.39 is 0 Å². The van der Waals surface area contributed by atoms with Gasteiger partial charge in [0.2, 0.25) is 5.95 Å². The summed E-state index contributed by atoms with van der Waals surface area (Å²) in [6, 6.07) is 16.4. The Balaban J connectivity index is 1.64. The van der Waals surface area contributed by atoms with E-state index >= 15 is 0 Å². The summed E-state index contributed by atoms with van der Waals surface area (Å²) >= 11 is 0. The first-order valence-electron chi connectivity index (χ1n) is 10.7. The average molecular weight is 417 g/mol. The van der Waals surface area contributed by atoms with Gasteiger partial charge in [0.1, 0.15) is 11.6 Å². The standard InChI is InChI=1S/C24H25FN6/c1-16-11-13-30(14-12-16)24-27-21(18-7-9-19(25)10-8-18)20-22(26)31(29-23(20)28-24)15-17-5-3-2-4-6-17/h2-10,16H,11-15,26H2,1H3. The fourth-order valence-corrected chi connectivity index (χ4v) is 4.09. The van der Waals surface area contributed by atoms with Gasteiger partial charge in [0.15, 0.2) is 5.65 Å². The Morgan fingerprint density at radius 3 is 2.42 bits per heavy atom. The highest BCUT2D eigenvalue weighted by atomic mass is 19.1. The molecule has 0 aliphatic carbocycles. The van der Waals surface area contributed by atoms with Gasteiger partial charge in [-0.05, 0) is 48.6 Å². The van der Waals surface area contributed by atoms with Crippen molar-refractivity contribution in [2.75, 3.05) is 23.7 Å². The number of piperidine rings is 1. The molecule has 1 aliphatic rings. The number of aromatic nitrogens is 4. The molecule has 0 amide bonds. The number of anilines is 2. The highest BCUT2D eigenvalue weighted by Crippen LogP contribution is 2.33. The van der Waals surface area contributed by atoms with Gasteiger partial charge in [0.25, 0.3) is 0 Å². The lowest BCUT2D eigenvalue weighted by Crippen LogP contribution is -2.34. The SMILES string of the molecule is CC1CCN(c2nc(-c3ccc(F)cc3)c3c(N)n(Cc4ccccc4)nc3n2)CC1. The molecule has 0 spiro atoms. The van der Waals surface area contributed by atoms with Crippen LogP contribution in [0.2, 0.25) is 0 Å². The van der Waals surface area contributed by atoms with Crippen LogP contribution in [-0.4, -0.2) is 32.8 Å². The van der Waals surface area contributed by atoms with Crippen molar-refractivity contribution in [1.82, 2.24) is 19.7 Å². The number of nitrogens with two attached hydrogens (primary N) is 1. The van der Waals surface area contributed by atoms with Gasteiger partial charge in [-0.25, -0.2) is 14.1 Å². The second-order valence-corrected chi connectivity index (χ2v) is 8.28. The summed E-state index contributed by atoms with van der Waals surface area (Å²) in [4.78, 5) is 11.9. The third-order valence-electron chi connectivity index (χ3n) is 5.99. The monoisotopic (exact) mass is 416 g/mol. The Labute approximate surface area is 180 Å². The molecule has 2 aromatic heterocycles. The van der Waals surface area contributed by atoms with Gasteiger partial charge in [-0.3, -0.25) is 0 Å². The summed E-state index contributed by atoms with van der Waals surface area (Å²) in [5.41, 5.74) is 9.69. The Morgan fingerprint density at radius 2 is 1.71 bits per heavy atom. The highest BCUT2D eigenvalue weighted by Gasteiger charge is 2.23. The summed E-state index contributed by atoms with van der Waals surface area (Å²) in [6.45, 7) is 4.64. The zero-order chi connectivity index (χ0) is 21.4. The number of fused-ring (bicyclic) bond motifs is 1. The number of nitrogens with zero attached hydrogens (tertiary/aromatic N) is 5. The lowest BCUT2D eigenvalue weighted by Gasteiger charge is -2.30. The van der Waals surface area contributed by atoms with Gasteiger partial charge < -0.3 is 10.6 Å². The molecule has 0 bridgehead atoms. The van der Waals surface area contributed by atoms with Crippen LogP contribution in [0, 0.1) is 11.7 Å². The molecule has 4 aromatic rings. The molecular formula is C24H25FN6. The first-order chi connectivity index (χ1) is 15.1. The van der Waals surface area contributed by atoms with Crippen LogP contribution < -0.4 is 10.6 Å². The molecule has 1 fully saturated rings. The van der Waals surface area contributed by atoms with Crippen molar-refractivity contribution in [2.24, 2.45) is 5.92 Å². The smallest absolute Gasteiger partial charge is 0.228 e. The molecule has 0 radical (unpaired) electrons. The molecule has 1 saturated heterocycles. The Kier molecular flexibility index (Phi) is 5.02. The minimum Gasteiger partial charge on any atom is -0.383 e. The molecular weight excluding hydrogens is 391 g/mol. The molecule has 31 heavy (non-hydrogen) atoms. The Bertz CT molecular complexity index is 1190. The van der Waals surface area contributed by atoms with Crippen molar-refractivity contribution in [3.05, 3.63) is 66.0 Å². The van der Waals surface area contributed by atoms with Crippen LogP contribution in [0.15, 0.2) is 54.6 Å². The maximum Gasteiger partial charge on any atom is 0.228 e. The molecule has 5 rings (SSSR count). The third kappa shape index (κ3) is 3.83. The van der Waals surface area contributed by atoms with E-state index in [-0.39, 0.29) is 5.82 Å². The van der Waals surface area contributed by atoms with Crippen molar-refractivity contribution in [3.8, 4) is 11.3 Å². The minimum absolute atomic E-state index is 0.285. The van der Waals surface area contributed by atoms with E-state index in [0.29, 0.717) is 41.0 Å². The van der Waals surface area contributed by atoms with E-state index in [0.717, 1.165) is 37.1 Å². The number of hydrogen-bond donors (Lipinski definition) is 1. The van der Waals surface area contributed by atoms with Gasteiger partial charge in [0.05, 0.1) is 17.6 Å². The van der Waals surface area contributed by atoms with E-state index in [1.165, 1.54) is 12.1 Å². The van der Waals surface area contributed by atoms with Crippen LogP contribution in [-0.2, 0) is 6.54 Å². The fraction of sp³-hybridized carbons (Fsp3) is 0.292. The van der Waals surface area contributed by atoms with Crippen molar-refractivity contribution in [2.45, 2.75) is 26.3 Å². The van der Waals surface area contributed by atoms with Crippen LogP contribution in [0.3, 0.4) is 0 Å². The number of benzene rings is 2. The fourth-order valence-electron chi connectivity index (χ4n) is 4.09. The molecule has 6 nitrogen and oxygen atoms in total. The van der Waals surface area contributed by atoms with E-state index in [1.54, 1.807) is 16.8 Å². The van der Waals surface area contributed by atoms with Crippen LogP contribution in [0.5, 0.6) is 0 Å². The predicted molar refractivity (Wildman–Crippen MR) is 121 cm³/mol. The molecule has 2 N–H and O–H groups in total. The quantitative estimate of drug-likeness (QED) is 0.530. The van der Waals surface area contributed by atoms with Crippen LogP contribution >= 0.6 is 0 Å². The van der Waals surface area contributed by atoms with E-state index in [1.807, 2.05) is 30.3 Å². The lowest BCUT2D eigenvalue weighted by molar-refractivity contribution is 0.434. The predicted octanol–water partition coefficient (Wildman–Crippen LogP) is 4.50. The molecule has 0 saturated carbocycles. The first-order valence-corrected chi connectivity index (χ1v) is 10.7. The Morgan fingerprint density at radius 1 is 1.00 bits per heavy atom. The highest BCUT2D eigenvalue weighted by molar-refractivity contribution is 5.99. The van der Waals surface area contributed by atoms with E-state index in [9.17, 15) is 4.39 Å². The summed E-state index contributed by atoms with van der Waals surface area (Å²) in [7, 11) is 0.